The number of hydrogen-bond acceptors (Lipinski definition) is 2. The van der Waals surface area contributed by atoms with Crippen molar-refractivity contribution < 1.29 is 4.42 Å². The zero-order chi connectivity index (χ0) is 12.8. The number of hydrogen-bond donors (Lipinski definition) is 1. The van der Waals surface area contributed by atoms with E-state index in [0.29, 0.717) is 6.04 Å². The number of nitrogens with one attached hydrogen (secondary N) is 1. The molecule has 0 spiro atoms. The molecule has 1 unspecified atom stereocenters. The van der Waals surface area contributed by atoms with Gasteiger partial charge < -0.3 is 9.73 Å². The van der Waals surface area contributed by atoms with Gasteiger partial charge in [-0.25, -0.2) is 0 Å². The minimum absolute atomic E-state index is 0.292. The maximum absolute atomic E-state index is 5.70. The van der Waals surface area contributed by atoms with Gasteiger partial charge in [0.2, 0.25) is 0 Å². The average molecular weight is 233 g/mol. The second-order valence-electron chi connectivity index (χ2n) is 4.39. The van der Waals surface area contributed by atoms with Crippen LogP contribution in [0.3, 0.4) is 0 Å². The lowest BCUT2D eigenvalue weighted by Crippen LogP contribution is -2.22. The summed E-state index contributed by atoms with van der Waals surface area (Å²) in [5.74, 6) is 8.17. The molecule has 1 N–H and O–H groups in total. The second kappa shape index (κ2) is 6.51. The normalized spacial score (nSPS) is 12.1. The van der Waals surface area contributed by atoms with E-state index in [9.17, 15) is 0 Å². The van der Waals surface area contributed by atoms with Crippen LogP contribution in [0.5, 0.6) is 0 Å². The fourth-order valence-electron chi connectivity index (χ4n) is 2.12. The largest absolute Gasteiger partial charge is 0.466 e. The lowest BCUT2D eigenvalue weighted by molar-refractivity contribution is 0.483. The SMILES string of the molecule is CC#CCC(NCCC)c1c(C)oc(C)c1C. The Balaban J connectivity index is 2.97. The molecular weight excluding hydrogens is 210 g/mol. The molecule has 0 saturated heterocycles. The van der Waals surface area contributed by atoms with Crippen LogP contribution in [-0.4, -0.2) is 6.54 Å². The highest BCUT2D eigenvalue weighted by molar-refractivity contribution is 5.35. The van der Waals surface area contributed by atoms with Crippen molar-refractivity contribution in [1.29, 1.82) is 0 Å². The molecule has 0 saturated carbocycles. The highest BCUT2D eigenvalue weighted by Gasteiger charge is 2.19. The quantitative estimate of drug-likeness (QED) is 0.785. The summed E-state index contributed by atoms with van der Waals surface area (Å²) in [6.45, 7) is 11.3. The Morgan fingerprint density at radius 2 is 1.94 bits per heavy atom. The summed E-state index contributed by atoms with van der Waals surface area (Å²) in [5, 5.41) is 3.55. The Morgan fingerprint density at radius 3 is 2.41 bits per heavy atom. The van der Waals surface area contributed by atoms with Crippen molar-refractivity contribution in [2.45, 2.75) is 53.5 Å². The summed E-state index contributed by atoms with van der Waals surface area (Å²) in [5.41, 5.74) is 2.55. The molecule has 0 bridgehead atoms. The van der Waals surface area contributed by atoms with Crippen LogP contribution in [-0.2, 0) is 0 Å². The molecule has 1 aromatic rings. The van der Waals surface area contributed by atoms with Crippen molar-refractivity contribution in [3.05, 3.63) is 22.6 Å². The first-order valence-electron chi connectivity index (χ1n) is 6.31. The van der Waals surface area contributed by atoms with Gasteiger partial charge in [0.25, 0.3) is 0 Å². The molecule has 0 amide bonds. The molecule has 0 fully saturated rings. The first kappa shape index (κ1) is 13.9. The van der Waals surface area contributed by atoms with E-state index in [1.54, 1.807) is 0 Å². The summed E-state index contributed by atoms with van der Waals surface area (Å²) in [7, 11) is 0. The fourth-order valence-corrected chi connectivity index (χ4v) is 2.12. The zero-order valence-electron chi connectivity index (χ0n) is 11.6. The van der Waals surface area contributed by atoms with Crippen molar-refractivity contribution in [2.75, 3.05) is 6.54 Å². The summed E-state index contributed by atoms with van der Waals surface area (Å²) in [6.07, 6.45) is 1.97. The van der Waals surface area contributed by atoms with E-state index in [-0.39, 0.29) is 0 Å². The van der Waals surface area contributed by atoms with Gasteiger partial charge in [-0.3, -0.25) is 0 Å². The van der Waals surface area contributed by atoms with Gasteiger partial charge in [0, 0.05) is 18.0 Å². The summed E-state index contributed by atoms with van der Waals surface area (Å²) < 4.78 is 5.70. The van der Waals surface area contributed by atoms with Crippen molar-refractivity contribution in [1.82, 2.24) is 5.32 Å². The predicted molar refractivity (Wildman–Crippen MR) is 72.0 cm³/mol. The molecule has 1 atom stereocenters. The van der Waals surface area contributed by atoms with E-state index < -0.39 is 0 Å². The van der Waals surface area contributed by atoms with Crippen LogP contribution in [0.1, 0.15) is 55.4 Å². The molecule has 1 rings (SSSR count). The first-order valence-corrected chi connectivity index (χ1v) is 6.31. The van der Waals surface area contributed by atoms with Crippen LogP contribution in [0.2, 0.25) is 0 Å². The number of aryl methyl sites for hydroxylation is 2. The summed E-state index contributed by atoms with van der Waals surface area (Å²) in [6, 6.07) is 0.292. The summed E-state index contributed by atoms with van der Waals surface area (Å²) in [4.78, 5) is 0. The maximum atomic E-state index is 5.70. The fraction of sp³-hybridized carbons (Fsp3) is 0.600. The molecule has 0 aliphatic carbocycles. The molecule has 0 aliphatic heterocycles. The van der Waals surface area contributed by atoms with E-state index in [1.807, 2.05) is 20.8 Å². The molecule has 94 valence electrons. The third kappa shape index (κ3) is 3.38. The Labute approximate surface area is 105 Å². The van der Waals surface area contributed by atoms with E-state index in [2.05, 4.69) is 31.0 Å². The van der Waals surface area contributed by atoms with E-state index >= 15 is 0 Å². The van der Waals surface area contributed by atoms with E-state index in [1.165, 1.54) is 11.1 Å². The van der Waals surface area contributed by atoms with Gasteiger partial charge in [0.15, 0.2) is 0 Å². The third-order valence-corrected chi connectivity index (χ3v) is 3.09. The Bertz CT molecular complexity index is 420. The van der Waals surface area contributed by atoms with Gasteiger partial charge in [-0.05, 0) is 46.2 Å². The highest BCUT2D eigenvalue weighted by atomic mass is 16.3. The van der Waals surface area contributed by atoms with Gasteiger partial charge in [0.1, 0.15) is 11.5 Å². The second-order valence-corrected chi connectivity index (χ2v) is 4.39. The van der Waals surface area contributed by atoms with Gasteiger partial charge in [-0.2, -0.15) is 0 Å². The van der Waals surface area contributed by atoms with Crippen molar-refractivity contribution in [3.63, 3.8) is 0 Å². The third-order valence-electron chi connectivity index (χ3n) is 3.09. The lowest BCUT2D eigenvalue weighted by atomic mass is 9.99. The minimum atomic E-state index is 0.292. The maximum Gasteiger partial charge on any atom is 0.106 e. The standard InChI is InChI=1S/C15H23NO/c1-6-8-9-14(16-10-7-2)15-11(3)12(4)17-13(15)5/h14,16H,7,9-10H2,1-5H3. The van der Waals surface area contributed by atoms with E-state index in [0.717, 1.165) is 30.9 Å². The van der Waals surface area contributed by atoms with Crippen molar-refractivity contribution in [3.8, 4) is 11.8 Å². The van der Waals surface area contributed by atoms with Gasteiger partial charge in [-0.1, -0.05) is 6.92 Å². The Hall–Kier alpha value is -1.20. The lowest BCUT2D eigenvalue weighted by Gasteiger charge is -2.16. The molecule has 0 aromatic carbocycles. The Kier molecular flexibility index (Phi) is 5.31. The van der Waals surface area contributed by atoms with Crippen LogP contribution in [0.4, 0.5) is 0 Å². The van der Waals surface area contributed by atoms with Crippen molar-refractivity contribution >= 4 is 0 Å². The molecule has 2 heteroatoms. The summed E-state index contributed by atoms with van der Waals surface area (Å²) >= 11 is 0. The molecule has 0 radical (unpaired) electrons. The zero-order valence-corrected chi connectivity index (χ0v) is 11.6. The highest BCUT2D eigenvalue weighted by Crippen LogP contribution is 2.28. The molecule has 0 aliphatic rings. The molecule has 17 heavy (non-hydrogen) atoms. The van der Waals surface area contributed by atoms with Gasteiger partial charge >= 0.3 is 0 Å². The van der Waals surface area contributed by atoms with E-state index in [4.69, 9.17) is 4.42 Å². The van der Waals surface area contributed by atoms with Crippen LogP contribution >= 0.6 is 0 Å². The van der Waals surface area contributed by atoms with Crippen LogP contribution < -0.4 is 5.32 Å². The Morgan fingerprint density at radius 1 is 1.24 bits per heavy atom. The molecule has 2 nitrogen and oxygen atoms in total. The van der Waals surface area contributed by atoms with Gasteiger partial charge in [-0.15, -0.1) is 11.8 Å². The number of rotatable bonds is 5. The van der Waals surface area contributed by atoms with Crippen molar-refractivity contribution in [2.24, 2.45) is 0 Å². The minimum Gasteiger partial charge on any atom is -0.466 e. The first-order chi connectivity index (χ1) is 8.11. The monoisotopic (exact) mass is 233 g/mol. The van der Waals surface area contributed by atoms with Gasteiger partial charge in [0.05, 0.1) is 0 Å². The smallest absolute Gasteiger partial charge is 0.106 e. The topological polar surface area (TPSA) is 25.2 Å². The molecule has 1 aromatic heterocycles. The van der Waals surface area contributed by atoms with Crippen LogP contribution in [0.15, 0.2) is 4.42 Å². The van der Waals surface area contributed by atoms with Crippen LogP contribution in [0.25, 0.3) is 0 Å². The predicted octanol–water partition coefficient (Wildman–Crippen LogP) is 3.66. The number of furan rings is 1. The molecular formula is C15H23NO. The average Bonchev–Trinajstić information content (AvgIpc) is 2.55. The molecule has 1 heterocycles. The van der Waals surface area contributed by atoms with Crippen LogP contribution in [0, 0.1) is 32.6 Å².